The van der Waals surface area contributed by atoms with Gasteiger partial charge in [0.25, 0.3) is 0 Å². The number of fused-ring (bicyclic) bond motifs is 1. The normalized spacial score (nSPS) is 12.3. The Bertz CT molecular complexity index is 702. The Morgan fingerprint density at radius 2 is 2.00 bits per heavy atom. The summed E-state index contributed by atoms with van der Waals surface area (Å²) in [6, 6.07) is 2.96. The second kappa shape index (κ2) is 4.22. The van der Waals surface area contributed by atoms with E-state index in [1.807, 2.05) is 0 Å². The number of carbonyl (C=O) groups excluding carboxylic acids is 1. The molecule has 0 spiro atoms. The molecule has 1 heterocycles. The molecule has 1 aromatic heterocycles. The molecule has 0 aliphatic rings. The maximum absolute atomic E-state index is 12.9. The van der Waals surface area contributed by atoms with E-state index in [9.17, 15) is 27.2 Å². The topological polar surface area (TPSA) is 52.2 Å². The molecule has 0 N–H and O–H groups in total. The van der Waals surface area contributed by atoms with Crippen molar-refractivity contribution in [2.45, 2.75) is 12.3 Å². The van der Waals surface area contributed by atoms with E-state index < -0.39 is 29.5 Å². The van der Waals surface area contributed by atoms with Crippen LogP contribution in [0, 0.1) is 0 Å². The number of aromatic nitrogens is 1. The second-order valence-electron chi connectivity index (χ2n) is 3.86. The number of hydrogen-bond donors (Lipinski definition) is 0. The van der Waals surface area contributed by atoms with Crippen molar-refractivity contribution in [2.75, 3.05) is 0 Å². The van der Waals surface area contributed by atoms with Crippen LogP contribution >= 0.6 is 0 Å². The van der Waals surface area contributed by atoms with E-state index in [-0.39, 0.29) is 11.1 Å². The van der Waals surface area contributed by atoms with Crippen LogP contribution in [0.3, 0.4) is 0 Å². The summed E-state index contributed by atoms with van der Waals surface area (Å²) in [7, 11) is 1.38. The van der Waals surface area contributed by atoms with E-state index in [1.54, 1.807) is 0 Å². The highest BCUT2D eigenvalue weighted by atomic mass is 19.3. The summed E-state index contributed by atoms with van der Waals surface area (Å²) in [6.45, 7) is 0. The van der Waals surface area contributed by atoms with E-state index in [4.69, 9.17) is 0 Å². The van der Waals surface area contributed by atoms with Crippen LogP contribution in [0.1, 0.15) is 10.4 Å². The number of alkyl halides is 4. The summed E-state index contributed by atoms with van der Waals surface area (Å²) < 4.78 is 55.8. The van der Waals surface area contributed by atoms with E-state index >= 15 is 0 Å². The SMILES string of the molecule is Cn1c(=O)oc2cc(C(=O)C(F)(F)C(F)F)ccc21. The van der Waals surface area contributed by atoms with Crippen LogP contribution in [0.5, 0.6) is 0 Å². The van der Waals surface area contributed by atoms with Crippen molar-refractivity contribution in [3.63, 3.8) is 0 Å². The quantitative estimate of drug-likeness (QED) is 0.638. The number of rotatable bonds is 3. The van der Waals surface area contributed by atoms with E-state index in [2.05, 4.69) is 4.42 Å². The fourth-order valence-electron chi connectivity index (χ4n) is 1.57. The first-order valence-corrected chi connectivity index (χ1v) is 5.05. The number of nitrogens with zero attached hydrogens (tertiary/aromatic N) is 1. The highest BCUT2D eigenvalue weighted by Crippen LogP contribution is 2.28. The highest BCUT2D eigenvalue weighted by molar-refractivity contribution is 6.03. The first kappa shape index (κ1) is 13.3. The highest BCUT2D eigenvalue weighted by Gasteiger charge is 2.49. The molecule has 2 rings (SSSR count). The van der Waals surface area contributed by atoms with Crippen LogP contribution in [0.25, 0.3) is 11.1 Å². The predicted molar refractivity (Wildman–Crippen MR) is 56.7 cm³/mol. The maximum Gasteiger partial charge on any atom is 0.419 e. The average molecular weight is 277 g/mol. The van der Waals surface area contributed by atoms with Gasteiger partial charge in [-0.05, 0) is 18.2 Å². The summed E-state index contributed by atoms with van der Waals surface area (Å²) >= 11 is 0. The van der Waals surface area contributed by atoms with Crippen molar-refractivity contribution in [3.8, 4) is 0 Å². The predicted octanol–water partition coefficient (Wildman–Crippen LogP) is 2.21. The summed E-state index contributed by atoms with van der Waals surface area (Å²) in [5.74, 6) is -7.54. The lowest BCUT2D eigenvalue weighted by Gasteiger charge is -2.13. The minimum Gasteiger partial charge on any atom is -0.408 e. The van der Waals surface area contributed by atoms with Gasteiger partial charge in [0.2, 0.25) is 5.78 Å². The molecule has 0 amide bonds. The zero-order valence-electron chi connectivity index (χ0n) is 9.49. The van der Waals surface area contributed by atoms with Gasteiger partial charge in [-0.15, -0.1) is 0 Å². The summed E-state index contributed by atoms with van der Waals surface area (Å²) in [4.78, 5) is 22.5. The molecule has 0 fully saturated rings. The van der Waals surface area contributed by atoms with Crippen LogP contribution in [0.15, 0.2) is 27.4 Å². The van der Waals surface area contributed by atoms with Crippen molar-refractivity contribution in [1.82, 2.24) is 4.57 Å². The van der Waals surface area contributed by atoms with Crippen LogP contribution in [0.2, 0.25) is 0 Å². The Hall–Kier alpha value is -2.12. The number of Topliss-reactive ketones (excluding diaryl/α,β-unsaturated/α-hetero) is 1. The standard InChI is InChI=1S/C11H7F4NO3/c1-16-6-3-2-5(4-7(6)19-10(16)18)8(17)11(14,15)9(12)13/h2-4,9H,1H3. The Morgan fingerprint density at radius 3 is 2.58 bits per heavy atom. The van der Waals surface area contributed by atoms with Crippen LogP contribution in [0.4, 0.5) is 17.6 Å². The number of oxazole rings is 1. The largest absolute Gasteiger partial charge is 0.419 e. The van der Waals surface area contributed by atoms with Gasteiger partial charge in [0.1, 0.15) is 0 Å². The van der Waals surface area contributed by atoms with Gasteiger partial charge in [-0.25, -0.2) is 13.6 Å². The minimum absolute atomic E-state index is 0.122. The van der Waals surface area contributed by atoms with Crippen molar-refractivity contribution in [3.05, 3.63) is 34.3 Å². The van der Waals surface area contributed by atoms with E-state index in [0.29, 0.717) is 0 Å². The van der Waals surface area contributed by atoms with Gasteiger partial charge in [0, 0.05) is 12.6 Å². The molecule has 19 heavy (non-hydrogen) atoms. The third-order valence-electron chi connectivity index (χ3n) is 2.63. The van der Waals surface area contributed by atoms with E-state index in [0.717, 1.165) is 16.7 Å². The number of halogens is 4. The van der Waals surface area contributed by atoms with Crippen molar-refractivity contribution in [2.24, 2.45) is 7.05 Å². The Kier molecular flexibility index (Phi) is 2.95. The van der Waals surface area contributed by atoms with Crippen LogP contribution in [-0.2, 0) is 7.05 Å². The molecule has 4 nitrogen and oxygen atoms in total. The van der Waals surface area contributed by atoms with Gasteiger partial charge in [-0.2, -0.15) is 8.78 Å². The van der Waals surface area contributed by atoms with Crippen molar-refractivity contribution in [1.29, 1.82) is 0 Å². The maximum atomic E-state index is 12.9. The first-order chi connectivity index (χ1) is 8.75. The fourth-order valence-corrected chi connectivity index (χ4v) is 1.57. The second-order valence-corrected chi connectivity index (χ2v) is 3.86. The third kappa shape index (κ3) is 2.02. The zero-order valence-corrected chi connectivity index (χ0v) is 9.49. The van der Waals surface area contributed by atoms with E-state index in [1.165, 1.54) is 13.1 Å². The fraction of sp³-hybridized carbons (Fsp3) is 0.273. The molecule has 0 bridgehead atoms. The molecular formula is C11H7F4NO3. The van der Waals surface area contributed by atoms with Crippen molar-refractivity contribution < 1.29 is 26.8 Å². The molecule has 102 valence electrons. The Morgan fingerprint density at radius 1 is 1.37 bits per heavy atom. The molecule has 1 aromatic carbocycles. The molecule has 0 radical (unpaired) electrons. The first-order valence-electron chi connectivity index (χ1n) is 5.05. The minimum atomic E-state index is -4.78. The van der Waals surface area contributed by atoms with Gasteiger partial charge in [0.15, 0.2) is 5.58 Å². The smallest absolute Gasteiger partial charge is 0.408 e. The molecule has 0 saturated carbocycles. The number of hydrogen-bond acceptors (Lipinski definition) is 3. The summed E-state index contributed by atoms with van der Waals surface area (Å²) in [5.41, 5.74) is -0.502. The van der Waals surface area contributed by atoms with Crippen LogP contribution < -0.4 is 5.76 Å². The number of carbonyl (C=O) groups is 1. The van der Waals surface area contributed by atoms with Gasteiger partial charge in [-0.3, -0.25) is 9.36 Å². The lowest BCUT2D eigenvalue weighted by atomic mass is 10.1. The van der Waals surface area contributed by atoms with Crippen LogP contribution in [-0.4, -0.2) is 22.7 Å². The van der Waals surface area contributed by atoms with Gasteiger partial charge >= 0.3 is 18.1 Å². The lowest BCUT2D eigenvalue weighted by molar-refractivity contribution is -0.0958. The third-order valence-corrected chi connectivity index (χ3v) is 2.63. The molecule has 0 aliphatic carbocycles. The average Bonchev–Trinajstić information content (AvgIpc) is 2.63. The molecule has 0 aliphatic heterocycles. The molecule has 0 saturated heterocycles. The molecule has 2 aromatic rings. The molecule has 0 atom stereocenters. The van der Waals surface area contributed by atoms with Gasteiger partial charge < -0.3 is 4.42 Å². The zero-order chi connectivity index (χ0) is 14.4. The molecule has 0 unspecified atom stereocenters. The number of ketones is 1. The van der Waals surface area contributed by atoms with Gasteiger partial charge in [0.05, 0.1) is 5.52 Å². The Balaban J connectivity index is 2.53. The number of aryl methyl sites for hydroxylation is 1. The van der Waals surface area contributed by atoms with Gasteiger partial charge in [-0.1, -0.05) is 0 Å². The monoisotopic (exact) mass is 277 g/mol. The molecular weight excluding hydrogens is 270 g/mol. The van der Waals surface area contributed by atoms with Crippen molar-refractivity contribution >= 4 is 16.9 Å². The molecule has 8 heteroatoms. The Labute approximate surface area is 103 Å². The summed E-state index contributed by atoms with van der Waals surface area (Å²) in [5, 5.41) is 0. The number of benzene rings is 1. The lowest BCUT2D eigenvalue weighted by Crippen LogP contribution is -2.36. The summed E-state index contributed by atoms with van der Waals surface area (Å²) in [6.07, 6.45) is -4.10.